The fraction of sp³-hybridized carbons (Fsp3) is 0.261. The van der Waals surface area contributed by atoms with Gasteiger partial charge in [-0.3, -0.25) is 15.6 Å². The van der Waals surface area contributed by atoms with Gasteiger partial charge in [0.15, 0.2) is 5.11 Å². The fourth-order valence-corrected chi connectivity index (χ4v) is 3.30. The zero-order chi connectivity index (χ0) is 21.0. The van der Waals surface area contributed by atoms with E-state index in [2.05, 4.69) is 54.3 Å². The Balaban J connectivity index is 2.01. The molecule has 3 N–H and O–H groups in total. The maximum Gasteiger partial charge on any atom is 0.270 e. The Morgan fingerprint density at radius 2 is 1.79 bits per heavy atom. The first-order chi connectivity index (χ1) is 13.9. The second kappa shape index (κ2) is 9.01. The lowest BCUT2D eigenvalue weighted by Gasteiger charge is -2.13. The van der Waals surface area contributed by atoms with Crippen molar-refractivity contribution in [1.82, 2.24) is 21.2 Å². The predicted octanol–water partition coefficient (Wildman–Crippen LogP) is 4.46. The number of amides is 1. The third-order valence-electron chi connectivity index (χ3n) is 4.71. The van der Waals surface area contributed by atoms with Crippen LogP contribution < -0.4 is 16.2 Å². The van der Waals surface area contributed by atoms with Gasteiger partial charge in [-0.15, -0.1) is 0 Å². The van der Waals surface area contributed by atoms with E-state index in [0.717, 1.165) is 27.7 Å². The van der Waals surface area contributed by atoms with Gasteiger partial charge in [0.2, 0.25) is 0 Å². The number of benzene rings is 2. The van der Waals surface area contributed by atoms with Crippen molar-refractivity contribution in [2.45, 2.75) is 33.6 Å². The van der Waals surface area contributed by atoms with Gasteiger partial charge in [-0.25, -0.2) is 4.98 Å². The molecule has 3 aromatic rings. The summed E-state index contributed by atoms with van der Waals surface area (Å²) in [6.45, 7) is 8.94. The monoisotopic (exact) mass is 406 g/mol. The number of nitrogens with zero attached hydrogens (tertiary/aromatic N) is 1. The molecule has 5 nitrogen and oxygen atoms in total. The third-order valence-corrected chi connectivity index (χ3v) is 4.96. The van der Waals surface area contributed by atoms with E-state index in [1.165, 1.54) is 5.56 Å². The maximum absolute atomic E-state index is 12.9. The largest absolute Gasteiger partial charge is 0.362 e. The highest BCUT2D eigenvalue weighted by Gasteiger charge is 2.15. The summed E-state index contributed by atoms with van der Waals surface area (Å²) < 4.78 is 0. The molecule has 0 radical (unpaired) electrons. The highest BCUT2D eigenvalue weighted by molar-refractivity contribution is 7.80. The Labute approximate surface area is 176 Å². The summed E-state index contributed by atoms with van der Waals surface area (Å²) in [5, 5.41) is 4.13. The van der Waals surface area contributed by atoms with Gasteiger partial charge in [0.05, 0.1) is 16.8 Å². The summed E-state index contributed by atoms with van der Waals surface area (Å²) in [7, 11) is 0. The van der Waals surface area contributed by atoms with E-state index in [1.807, 2.05) is 38.1 Å². The Morgan fingerprint density at radius 1 is 1.07 bits per heavy atom. The molecule has 0 fully saturated rings. The van der Waals surface area contributed by atoms with Crippen LogP contribution in [-0.4, -0.2) is 22.5 Å². The number of hydrogen-bond acceptors (Lipinski definition) is 3. The number of hydrazine groups is 1. The Bertz CT molecular complexity index is 1040. The summed E-state index contributed by atoms with van der Waals surface area (Å²) in [6, 6.07) is 16.1. The highest BCUT2D eigenvalue weighted by Crippen LogP contribution is 2.27. The van der Waals surface area contributed by atoms with Crippen LogP contribution >= 0.6 is 12.2 Å². The van der Waals surface area contributed by atoms with Gasteiger partial charge in [-0.2, -0.15) is 0 Å². The Hall–Kier alpha value is -2.99. The molecule has 0 aliphatic rings. The number of fused-ring (bicyclic) bond motifs is 1. The molecule has 1 amide bonds. The van der Waals surface area contributed by atoms with E-state index in [0.29, 0.717) is 23.1 Å². The molecule has 6 heteroatoms. The number of carbonyl (C=O) groups is 1. The van der Waals surface area contributed by atoms with Gasteiger partial charge in [-0.1, -0.05) is 49.7 Å². The zero-order valence-electron chi connectivity index (χ0n) is 17.2. The topological polar surface area (TPSA) is 66.0 Å². The molecule has 150 valence electrons. The van der Waals surface area contributed by atoms with Crippen LogP contribution in [0.4, 0.5) is 0 Å². The predicted molar refractivity (Wildman–Crippen MR) is 123 cm³/mol. The summed E-state index contributed by atoms with van der Waals surface area (Å²) in [5.41, 5.74) is 10.8. The van der Waals surface area contributed by atoms with E-state index in [-0.39, 0.29) is 5.91 Å². The van der Waals surface area contributed by atoms with Crippen molar-refractivity contribution in [2.24, 2.45) is 0 Å². The van der Waals surface area contributed by atoms with Crippen LogP contribution in [0.5, 0.6) is 0 Å². The van der Waals surface area contributed by atoms with Crippen molar-refractivity contribution >= 4 is 34.1 Å². The number of carbonyl (C=O) groups excluding carboxylic acids is 1. The van der Waals surface area contributed by atoms with Gasteiger partial charge >= 0.3 is 0 Å². The van der Waals surface area contributed by atoms with Crippen molar-refractivity contribution in [3.05, 3.63) is 65.2 Å². The fourth-order valence-electron chi connectivity index (χ4n) is 3.10. The van der Waals surface area contributed by atoms with Crippen LogP contribution in [0.2, 0.25) is 0 Å². The number of hydrogen-bond donors (Lipinski definition) is 3. The van der Waals surface area contributed by atoms with Crippen LogP contribution in [0.3, 0.4) is 0 Å². The lowest BCUT2D eigenvalue weighted by molar-refractivity contribution is 0.0945. The van der Waals surface area contributed by atoms with Crippen LogP contribution in [0.1, 0.15) is 48.2 Å². The van der Waals surface area contributed by atoms with E-state index >= 15 is 0 Å². The lowest BCUT2D eigenvalue weighted by atomic mass is 9.99. The lowest BCUT2D eigenvalue weighted by Crippen LogP contribution is -2.46. The molecular weight excluding hydrogens is 380 g/mol. The van der Waals surface area contributed by atoms with Gasteiger partial charge < -0.3 is 5.32 Å². The van der Waals surface area contributed by atoms with Crippen molar-refractivity contribution in [1.29, 1.82) is 0 Å². The normalized spacial score (nSPS) is 10.8. The van der Waals surface area contributed by atoms with Gasteiger partial charge in [0, 0.05) is 17.5 Å². The number of pyridine rings is 1. The number of thiocarbonyl (C=S) groups is 1. The molecule has 0 unspecified atom stereocenters. The minimum Gasteiger partial charge on any atom is -0.362 e. The smallest absolute Gasteiger partial charge is 0.270 e. The summed E-state index contributed by atoms with van der Waals surface area (Å²) in [6.07, 6.45) is 0. The molecule has 3 rings (SSSR count). The minimum absolute atomic E-state index is 0.261. The van der Waals surface area contributed by atoms with Gasteiger partial charge in [0.1, 0.15) is 0 Å². The second-order valence-electron chi connectivity index (χ2n) is 7.29. The van der Waals surface area contributed by atoms with Crippen LogP contribution in [0.15, 0.2) is 48.5 Å². The molecular formula is C23H26N4OS. The van der Waals surface area contributed by atoms with E-state index in [1.54, 1.807) is 0 Å². The SMILES string of the molecule is CCNC(=S)NNC(=O)c1cc(-c2ccc(C(C)C)cc2)nc2ccc(C)cc12. The third kappa shape index (κ3) is 4.90. The number of nitrogens with one attached hydrogen (secondary N) is 3. The van der Waals surface area contributed by atoms with E-state index < -0.39 is 0 Å². The zero-order valence-corrected chi connectivity index (χ0v) is 18.0. The van der Waals surface area contributed by atoms with Crippen LogP contribution in [0, 0.1) is 6.92 Å². The molecule has 1 aromatic heterocycles. The molecule has 0 spiro atoms. The summed E-state index contributed by atoms with van der Waals surface area (Å²) in [4.78, 5) is 17.7. The minimum atomic E-state index is -0.261. The average molecular weight is 407 g/mol. The average Bonchev–Trinajstić information content (AvgIpc) is 2.71. The molecule has 0 saturated heterocycles. The summed E-state index contributed by atoms with van der Waals surface area (Å²) in [5.74, 6) is 0.202. The quantitative estimate of drug-likeness (QED) is 0.441. The van der Waals surface area contributed by atoms with Crippen LogP contribution in [0.25, 0.3) is 22.2 Å². The van der Waals surface area contributed by atoms with Crippen molar-refractivity contribution < 1.29 is 4.79 Å². The molecule has 0 atom stereocenters. The van der Waals surface area contributed by atoms with Gasteiger partial charge in [-0.05, 0) is 55.7 Å². The molecule has 0 aliphatic heterocycles. The molecule has 1 heterocycles. The standard InChI is InChI=1S/C23H26N4OS/c1-5-24-23(29)27-26-22(28)19-13-21(17-9-7-16(8-10-17)14(2)3)25-20-11-6-15(4)12-18(19)20/h6-14H,5H2,1-4H3,(H,26,28)(H2,24,27,29). The number of aryl methyl sites for hydroxylation is 1. The maximum atomic E-state index is 12.9. The van der Waals surface area contributed by atoms with Crippen molar-refractivity contribution in [2.75, 3.05) is 6.54 Å². The van der Waals surface area contributed by atoms with Crippen molar-refractivity contribution in [3.63, 3.8) is 0 Å². The number of rotatable bonds is 4. The Kier molecular flexibility index (Phi) is 6.44. The van der Waals surface area contributed by atoms with Gasteiger partial charge in [0.25, 0.3) is 5.91 Å². The highest BCUT2D eigenvalue weighted by atomic mass is 32.1. The number of aromatic nitrogens is 1. The molecule has 29 heavy (non-hydrogen) atoms. The second-order valence-corrected chi connectivity index (χ2v) is 7.70. The first-order valence-electron chi connectivity index (χ1n) is 9.75. The first kappa shape index (κ1) is 20.7. The van der Waals surface area contributed by atoms with E-state index in [9.17, 15) is 4.79 Å². The molecule has 2 aromatic carbocycles. The van der Waals surface area contributed by atoms with Crippen LogP contribution in [-0.2, 0) is 0 Å². The van der Waals surface area contributed by atoms with Crippen molar-refractivity contribution in [3.8, 4) is 11.3 Å². The summed E-state index contributed by atoms with van der Waals surface area (Å²) >= 11 is 5.12. The molecule has 0 bridgehead atoms. The Morgan fingerprint density at radius 3 is 2.45 bits per heavy atom. The van der Waals surface area contributed by atoms with E-state index in [4.69, 9.17) is 17.2 Å². The molecule has 0 saturated carbocycles. The first-order valence-corrected chi connectivity index (χ1v) is 10.2. The molecule has 0 aliphatic carbocycles.